The third kappa shape index (κ3) is 3.15. The van der Waals surface area contributed by atoms with Gasteiger partial charge in [0.25, 0.3) is 0 Å². The summed E-state index contributed by atoms with van der Waals surface area (Å²) in [6.07, 6.45) is 0. The molecule has 4 nitrogen and oxygen atoms in total. The summed E-state index contributed by atoms with van der Waals surface area (Å²) in [5.74, 6) is 2.10. The molecule has 108 valence electrons. The second kappa shape index (κ2) is 6.11. The van der Waals surface area contributed by atoms with Crippen LogP contribution in [-0.4, -0.2) is 10.1 Å². The van der Waals surface area contributed by atoms with Gasteiger partial charge in [0.2, 0.25) is 5.89 Å². The maximum atomic E-state index is 9.12. The number of benzene rings is 1. The van der Waals surface area contributed by atoms with Crippen LogP contribution in [0.2, 0.25) is 0 Å². The van der Waals surface area contributed by atoms with Crippen molar-refractivity contribution in [2.24, 2.45) is 0 Å². The zero-order valence-corrected chi connectivity index (χ0v) is 12.4. The summed E-state index contributed by atoms with van der Waals surface area (Å²) in [7, 11) is 0. The van der Waals surface area contributed by atoms with Gasteiger partial charge < -0.3 is 14.3 Å². The predicted octanol–water partition coefficient (Wildman–Crippen LogP) is 3.78. The van der Waals surface area contributed by atoms with E-state index in [1.807, 2.05) is 48.7 Å². The summed E-state index contributed by atoms with van der Waals surface area (Å²) in [4.78, 5) is 5.49. The van der Waals surface area contributed by atoms with Crippen molar-refractivity contribution < 1.29 is 14.3 Å². The smallest absolute Gasteiger partial charge is 0.236 e. The molecule has 0 aliphatic carbocycles. The molecule has 1 aromatic carbocycles. The molecule has 0 aliphatic heterocycles. The molecule has 5 heteroatoms. The van der Waals surface area contributed by atoms with Gasteiger partial charge in [-0.1, -0.05) is 18.2 Å². The number of ether oxygens (including phenoxy) is 1. The van der Waals surface area contributed by atoms with E-state index < -0.39 is 0 Å². The molecule has 1 N–H and O–H groups in total. The van der Waals surface area contributed by atoms with Crippen molar-refractivity contribution in [3.8, 4) is 16.5 Å². The molecule has 2 aromatic heterocycles. The van der Waals surface area contributed by atoms with Gasteiger partial charge in [-0.25, -0.2) is 4.98 Å². The van der Waals surface area contributed by atoms with E-state index in [-0.39, 0.29) is 6.61 Å². The van der Waals surface area contributed by atoms with Crippen LogP contribution in [0.4, 0.5) is 0 Å². The molecule has 0 unspecified atom stereocenters. The maximum Gasteiger partial charge on any atom is 0.236 e. The second-order valence-electron chi connectivity index (χ2n) is 4.59. The van der Waals surface area contributed by atoms with Gasteiger partial charge in [0.1, 0.15) is 23.8 Å². The van der Waals surface area contributed by atoms with Crippen molar-refractivity contribution >= 4 is 11.3 Å². The van der Waals surface area contributed by atoms with Crippen molar-refractivity contribution in [2.75, 3.05) is 0 Å². The highest BCUT2D eigenvalue weighted by molar-refractivity contribution is 7.13. The first-order chi connectivity index (χ1) is 10.3. The minimum Gasteiger partial charge on any atom is -0.487 e. The fourth-order valence-electron chi connectivity index (χ4n) is 1.95. The maximum absolute atomic E-state index is 9.12. The van der Waals surface area contributed by atoms with Gasteiger partial charge in [0.05, 0.1) is 11.5 Å². The molecule has 0 amide bonds. The molecule has 2 heterocycles. The molecular weight excluding hydrogens is 286 g/mol. The number of thiophene rings is 1. The van der Waals surface area contributed by atoms with Crippen molar-refractivity contribution in [2.45, 2.75) is 20.1 Å². The Balaban J connectivity index is 1.73. The SMILES string of the molecule is Cc1oc(-c2cccs2)nc1COc1cccc(CO)c1. The lowest BCUT2D eigenvalue weighted by Gasteiger charge is -2.05. The van der Waals surface area contributed by atoms with Crippen LogP contribution in [0.3, 0.4) is 0 Å². The Kier molecular flexibility index (Phi) is 4.03. The van der Waals surface area contributed by atoms with E-state index in [1.54, 1.807) is 11.3 Å². The van der Waals surface area contributed by atoms with Gasteiger partial charge in [-0.2, -0.15) is 0 Å². The van der Waals surface area contributed by atoms with Crippen LogP contribution >= 0.6 is 11.3 Å². The minimum atomic E-state index is 0.00269. The number of aliphatic hydroxyl groups excluding tert-OH is 1. The quantitative estimate of drug-likeness (QED) is 0.779. The van der Waals surface area contributed by atoms with Crippen LogP contribution in [0.5, 0.6) is 5.75 Å². The molecule has 0 atom stereocenters. The van der Waals surface area contributed by atoms with Crippen molar-refractivity contribution in [1.29, 1.82) is 0 Å². The molecular formula is C16H15NO3S. The third-order valence-corrected chi connectivity index (χ3v) is 3.94. The predicted molar refractivity (Wildman–Crippen MR) is 81.2 cm³/mol. The molecule has 0 saturated heterocycles. The van der Waals surface area contributed by atoms with E-state index in [9.17, 15) is 0 Å². The largest absolute Gasteiger partial charge is 0.487 e. The molecule has 0 spiro atoms. The third-order valence-electron chi connectivity index (χ3n) is 3.08. The normalized spacial score (nSPS) is 10.8. The minimum absolute atomic E-state index is 0.00269. The van der Waals surface area contributed by atoms with Gasteiger partial charge in [0.15, 0.2) is 0 Å². The number of nitrogens with zero attached hydrogens (tertiary/aromatic N) is 1. The first kappa shape index (κ1) is 13.9. The molecule has 0 fully saturated rings. The monoisotopic (exact) mass is 301 g/mol. The number of hydrogen-bond acceptors (Lipinski definition) is 5. The summed E-state index contributed by atoms with van der Waals surface area (Å²) in [6.45, 7) is 2.23. The van der Waals surface area contributed by atoms with Gasteiger partial charge in [-0.3, -0.25) is 0 Å². The zero-order chi connectivity index (χ0) is 14.7. The Hall–Kier alpha value is -2.11. The number of hydrogen-bond donors (Lipinski definition) is 1. The van der Waals surface area contributed by atoms with Crippen LogP contribution in [0, 0.1) is 6.92 Å². The van der Waals surface area contributed by atoms with Gasteiger partial charge in [-0.05, 0) is 36.1 Å². The topological polar surface area (TPSA) is 55.5 Å². The average Bonchev–Trinajstić information content (AvgIpc) is 3.15. The lowest BCUT2D eigenvalue weighted by atomic mass is 10.2. The molecule has 21 heavy (non-hydrogen) atoms. The van der Waals surface area contributed by atoms with Gasteiger partial charge >= 0.3 is 0 Å². The Morgan fingerprint density at radius 3 is 2.95 bits per heavy atom. The Morgan fingerprint density at radius 2 is 2.19 bits per heavy atom. The fourth-order valence-corrected chi connectivity index (χ4v) is 2.60. The zero-order valence-electron chi connectivity index (χ0n) is 11.6. The molecule has 0 aliphatic rings. The van der Waals surface area contributed by atoms with E-state index in [4.69, 9.17) is 14.3 Å². The second-order valence-corrected chi connectivity index (χ2v) is 5.54. The Morgan fingerprint density at radius 1 is 1.29 bits per heavy atom. The van der Waals surface area contributed by atoms with Crippen molar-refractivity contribution in [1.82, 2.24) is 4.98 Å². The number of rotatable bonds is 5. The van der Waals surface area contributed by atoms with E-state index in [0.29, 0.717) is 18.2 Å². The number of aliphatic hydroxyl groups is 1. The highest BCUT2D eigenvalue weighted by Crippen LogP contribution is 2.26. The first-order valence-electron chi connectivity index (χ1n) is 6.59. The van der Waals surface area contributed by atoms with E-state index >= 15 is 0 Å². The van der Waals surface area contributed by atoms with Gasteiger partial charge in [0, 0.05) is 0 Å². The first-order valence-corrected chi connectivity index (χ1v) is 7.47. The van der Waals surface area contributed by atoms with Crippen molar-refractivity contribution in [3.63, 3.8) is 0 Å². The number of aryl methyl sites for hydroxylation is 1. The summed E-state index contributed by atoms with van der Waals surface area (Å²) in [5, 5.41) is 11.1. The fraction of sp³-hybridized carbons (Fsp3) is 0.188. The van der Waals surface area contributed by atoms with Crippen LogP contribution in [0.1, 0.15) is 17.0 Å². The summed E-state index contributed by atoms with van der Waals surface area (Å²) in [6, 6.07) is 11.3. The van der Waals surface area contributed by atoms with E-state index in [2.05, 4.69) is 4.98 Å². The highest BCUT2D eigenvalue weighted by Gasteiger charge is 2.12. The Labute approximate surface area is 126 Å². The Bertz CT molecular complexity index is 719. The number of aromatic nitrogens is 1. The van der Waals surface area contributed by atoms with Crippen LogP contribution < -0.4 is 4.74 Å². The molecule has 3 aromatic rings. The van der Waals surface area contributed by atoms with E-state index in [1.165, 1.54) is 0 Å². The van der Waals surface area contributed by atoms with Crippen LogP contribution in [0.25, 0.3) is 10.8 Å². The summed E-state index contributed by atoms with van der Waals surface area (Å²) in [5.41, 5.74) is 1.61. The summed E-state index contributed by atoms with van der Waals surface area (Å²) < 4.78 is 11.4. The van der Waals surface area contributed by atoms with Crippen LogP contribution in [0.15, 0.2) is 46.2 Å². The number of oxazole rings is 1. The van der Waals surface area contributed by atoms with Crippen molar-refractivity contribution in [3.05, 3.63) is 58.8 Å². The van der Waals surface area contributed by atoms with Gasteiger partial charge in [-0.15, -0.1) is 11.3 Å². The van der Waals surface area contributed by atoms with E-state index in [0.717, 1.165) is 21.9 Å². The standard InChI is InChI=1S/C16H15NO3S/c1-11-14(17-16(20-11)15-6-3-7-21-15)10-19-13-5-2-4-12(8-13)9-18/h2-8,18H,9-10H2,1H3. The summed E-state index contributed by atoms with van der Waals surface area (Å²) >= 11 is 1.59. The highest BCUT2D eigenvalue weighted by atomic mass is 32.1. The molecule has 0 radical (unpaired) electrons. The molecule has 0 saturated carbocycles. The average molecular weight is 301 g/mol. The lowest BCUT2D eigenvalue weighted by Crippen LogP contribution is -1.98. The molecule has 0 bridgehead atoms. The van der Waals surface area contributed by atoms with Crippen LogP contribution in [-0.2, 0) is 13.2 Å². The molecule has 3 rings (SSSR count). The lowest BCUT2D eigenvalue weighted by molar-refractivity contribution is 0.277.